The molecule has 0 aliphatic carbocycles. The first-order valence-electron chi connectivity index (χ1n) is 16.7. The van der Waals surface area contributed by atoms with Crippen LogP contribution in [0.4, 0.5) is 0 Å². The number of carbonyl (C=O) groups is 2. The fourth-order valence-corrected chi connectivity index (χ4v) is 6.79. The summed E-state index contributed by atoms with van der Waals surface area (Å²) in [4.78, 5) is 24.2. The zero-order valence-corrected chi connectivity index (χ0v) is 29.9. The molecule has 320 valence electrons. The summed E-state index contributed by atoms with van der Waals surface area (Å²) >= 11 is 0. The SMILES string of the molecule is CC(=O)N[C@H]1[C@H](O[C@H]2[C@@H](O)[C@@H](COS(=O)(=O)O)O[C@@H](O[C@H]3[C@@H](O)[C@@H](CO)OC(O)[C@@H]3NC(C)=O)[C@@H]2O)O[C@H](CO)[C@@H](O[C@@H]2O[C@H](CO)[C@H](O)[C@H](O)[C@H]2O)[C@@H]1O. The first-order valence-corrected chi connectivity index (χ1v) is 18.1. The van der Waals surface area contributed by atoms with E-state index >= 15 is 0 Å². The summed E-state index contributed by atoms with van der Waals surface area (Å²) in [5.41, 5.74) is 0. The average Bonchev–Trinajstić information content (AvgIpc) is 3.11. The number of nitrogens with one attached hydrogen (secondary N) is 2. The van der Waals surface area contributed by atoms with Gasteiger partial charge in [0, 0.05) is 13.8 Å². The first kappa shape index (κ1) is 45.8. The highest BCUT2D eigenvalue weighted by Crippen LogP contribution is 2.34. The van der Waals surface area contributed by atoms with Gasteiger partial charge in [-0.2, -0.15) is 8.42 Å². The predicted octanol–water partition coefficient (Wildman–Crippen LogP) is -9.63. The molecular weight excluding hydrogens is 780 g/mol. The normalized spacial score (nSPS) is 45.5. The molecule has 0 spiro atoms. The lowest BCUT2D eigenvalue weighted by Gasteiger charge is -2.50. The zero-order valence-electron chi connectivity index (χ0n) is 29.0. The molecule has 0 bridgehead atoms. The molecule has 4 aliphatic heterocycles. The third-order valence-electron chi connectivity index (χ3n) is 9.21. The molecule has 0 radical (unpaired) electrons. The van der Waals surface area contributed by atoms with E-state index in [-0.39, 0.29) is 0 Å². The molecule has 4 saturated heterocycles. The van der Waals surface area contributed by atoms with Gasteiger partial charge in [0.1, 0.15) is 97.5 Å². The molecule has 55 heavy (non-hydrogen) atoms. The molecule has 27 heteroatoms. The van der Waals surface area contributed by atoms with Crippen molar-refractivity contribution < 1.29 is 116 Å². The molecule has 4 aliphatic rings. The van der Waals surface area contributed by atoms with Gasteiger partial charge in [-0.25, -0.2) is 4.18 Å². The maximum Gasteiger partial charge on any atom is 0.397 e. The predicted molar refractivity (Wildman–Crippen MR) is 167 cm³/mol. The molecule has 4 rings (SSSR count). The number of aliphatic hydroxyl groups is 11. The van der Waals surface area contributed by atoms with Crippen molar-refractivity contribution >= 4 is 22.2 Å². The molecule has 20 atom stereocenters. The molecule has 14 N–H and O–H groups in total. The van der Waals surface area contributed by atoms with Gasteiger partial charge in [-0.05, 0) is 0 Å². The molecule has 0 aromatic rings. The largest absolute Gasteiger partial charge is 0.397 e. The number of amides is 2. The van der Waals surface area contributed by atoms with Gasteiger partial charge in [-0.15, -0.1) is 0 Å². The Balaban J connectivity index is 1.64. The van der Waals surface area contributed by atoms with E-state index in [1.165, 1.54) is 0 Å². The quantitative estimate of drug-likeness (QED) is 0.0723. The van der Waals surface area contributed by atoms with Crippen molar-refractivity contribution in [2.24, 2.45) is 0 Å². The van der Waals surface area contributed by atoms with Crippen molar-refractivity contribution in [1.29, 1.82) is 0 Å². The van der Waals surface area contributed by atoms with Gasteiger partial charge in [0.2, 0.25) is 11.8 Å². The van der Waals surface area contributed by atoms with Crippen LogP contribution in [-0.4, -0.2) is 230 Å². The van der Waals surface area contributed by atoms with E-state index in [0.717, 1.165) is 13.8 Å². The van der Waals surface area contributed by atoms with Crippen molar-refractivity contribution in [3.05, 3.63) is 0 Å². The molecule has 1 unspecified atom stereocenters. The van der Waals surface area contributed by atoms with Crippen LogP contribution >= 0.6 is 0 Å². The summed E-state index contributed by atoms with van der Waals surface area (Å²) in [5.74, 6) is -1.60. The van der Waals surface area contributed by atoms with Crippen LogP contribution in [0.15, 0.2) is 0 Å². The smallest absolute Gasteiger partial charge is 0.394 e. The lowest BCUT2D eigenvalue weighted by molar-refractivity contribution is -0.375. The Morgan fingerprint density at radius 3 is 1.58 bits per heavy atom. The van der Waals surface area contributed by atoms with Gasteiger partial charge >= 0.3 is 10.4 Å². The van der Waals surface area contributed by atoms with Crippen LogP contribution in [0.1, 0.15) is 13.8 Å². The molecular formula is C28H48N2O24S. The van der Waals surface area contributed by atoms with Gasteiger partial charge in [0.25, 0.3) is 0 Å². The van der Waals surface area contributed by atoms with E-state index in [4.69, 9.17) is 33.2 Å². The number of ether oxygens (including phenoxy) is 7. The molecule has 2 amide bonds. The van der Waals surface area contributed by atoms with Crippen molar-refractivity contribution in [2.45, 2.75) is 137 Å². The van der Waals surface area contributed by atoms with Crippen LogP contribution in [-0.2, 0) is 57.3 Å². The van der Waals surface area contributed by atoms with Gasteiger partial charge < -0.3 is 100.0 Å². The summed E-state index contributed by atoms with van der Waals surface area (Å²) in [6, 6.07) is -3.34. The van der Waals surface area contributed by atoms with Crippen LogP contribution < -0.4 is 10.6 Å². The van der Waals surface area contributed by atoms with Crippen molar-refractivity contribution in [3.63, 3.8) is 0 Å². The van der Waals surface area contributed by atoms with Crippen LogP contribution in [0, 0.1) is 0 Å². The standard InChI is InChI=1S/C28H48N2O24S/c1-7(34)29-13-18(39)22(52-27-20(41)19(40)15(36)9(3-31)49-27)11(5-33)50-26(13)54-24-17(38)12(6-47-55(44,45)46)51-28(21(24)42)53-23-14(30-8(2)35)25(43)48-10(4-32)16(23)37/h9-28,31-33,36-43H,3-6H2,1-2H3,(H,29,34)(H,30,35)(H,44,45,46)/t9-,10-,11-,12-,13-,14-,15+,16+,17+,18-,19+,20-,21-,22-,23-,24+,25?,26+,27+,28+/m1/s1. The van der Waals surface area contributed by atoms with E-state index in [0.29, 0.717) is 0 Å². The van der Waals surface area contributed by atoms with Crippen molar-refractivity contribution in [2.75, 3.05) is 26.4 Å². The minimum Gasteiger partial charge on any atom is -0.394 e. The Morgan fingerprint density at radius 1 is 0.545 bits per heavy atom. The number of hydrogen-bond acceptors (Lipinski definition) is 23. The van der Waals surface area contributed by atoms with E-state index in [2.05, 4.69) is 14.8 Å². The summed E-state index contributed by atoms with van der Waals surface area (Å²) < 4.78 is 75.2. The highest BCUT2D eigenvalue weighted by molar-refractivity contribution is 7.80. The van der Waals surface area contributed by atoms with E-state index in [1.807, 2.05) is 0 Å². The second-order valence-electron chi connectivity index (χ2n) is 13.1. The number of carbonyl (C=O) groups excluding carboxylic acids is 2. The van der Waals surface area contributed by atoms with Crippen LogP contribution in [0.5, 0.6) is 0 Å². The Labute approximate surface area is 311 Å². The van der Waals surface area contributed by atoms with Crippen molar-refractivity contribution in [3.8, 4) is 0 Å². The summed E-state index contributed by atoms with van der Waals surface area (Å²) in [6.07, 6.45) is -33.9. The summed E-state index contributed by atoms with van der Waals surface area (Å²) in [5, 5.41) is 120. The van der Waals surface area contributed by atoms with E-state index in [9.17, 15) is 78.7 Å². The molecule has 0 aromatic heterocycles. The first-order chi connectivity index (χ1) is 25.7. The molecule has 0 saturated carbocycles. The summed E-state index contributed by atoms with van der Waals surface area (Å²) in [6.45, 7) is -1.87. The Kier molecular flexibility index (Phi) is 16.0. The van der Waals surface area contributed by atoms with Gasteiger partial charge in [-0.1, -0.05) is 0 Å². The minimum atomic E-state index is -5.19. The fraction of sp³-hybridized carbons (Fsp3) is 0.929. The number of rotatable bonds is 14. The average molecular weight is 829 g/mol. The van der Waals surface area contributed by atoms with Crippen LogP contribution in [0.3, 0.4) is 0 Å². The maximum atomic E-state index is 12.3. The van der Waals surface area contributed by atoms with Crippen molar-refractivity contribution in [1.82, 2.24) is 10.6 Å². The third-order valence-corrected chi connectivity index (χ3v) is 9.65. The number of aliphatic hydroxyl groups excluding tert-OH is 11. The van der Waals surface area contributed by atoms with Gasteiger partial charge in [0.15, 0.2) is 25.2 Å². The number of hydrogen-bond donors (Lipinski definition) is 14. The molecule has 4 heterocycles. The Bertz CT molecular complexity index is 1380. The second-order valence-corrected chi connectivity index (χ2v) is 14.2. The zero-order chi connectivity index (χ0) is 41.1. The maximum absolute atomic E-state index is 12.3. The van der Waals surface area contributed by atoms with E-state index < -0.39 is 171 Å². The lowest BCUT2D eigenvalue weighted by Crippen LogP contribution is -2.70. The van der Waals surface area contributed by atoms with E-state index in [1.54, 1.807) is 0 Å². The lowest BCUT2D eigenvalue weighted by atomic mass is 9.94. The minimum absolute atomic E-state index is 0.763. The fourth-order valence-electron chi connectivity index (χ4n) is 6.48. The molecule has 26 nitrogen and oxygen atoms in total. The second kappa shape index (κ2) is 19.2. The summed E-state index contributed by atoms with van der Waals surface area (Å²) in [7, 11) is -5.19. The topological polar surface area (TPSA) is 409 Å². The third kappa shape index (κ3) is 10.8. The Morgan fingerprint density at radius 2 is 1.02 bits per heavy atom. The van der Waals surface area contributed by atoms with Crippen LogP contribution in [0.25, 0.3) is 0 Å². The molecule has 4 fully saturated rings. The highest BCUT2D eigenvalue weighted by atomic mass is 32.3. The van der Waals surface area contributed by atoms with Gasteiger partial charge in [-0.3, -0.25) is 14.1 Å². The highest BCUT2D eigenvalue weighted by Gasteiger charge is 2.56. The van der Waals surface area contributed by atoms with Crippen LogP contribution in [0.2, 0.25) is 0 Å². The monoisotopic (exact) mass is 828 g/mol. The van der Waals surface area contributed by atoms with Gasteiger partial charge in [0.05, 0.1) is 26.4 Å². The Hall–Kier alpha value is -1.91. The molecule has 0 aromatic carbocycles.